The van der Waals surface area contributed by atoms with Gasteiger partial charge in [-0.05, 0) is 37.0 Å². The lowest BCUT2D eigenvalue weighted by Crippen LogP contribution is -2.41. The maximum atomic E-state index is 15.0. The summed E-state index contributed by atoms with van der Waals surface area (Å²) in [5.74, 6) is 1.61. The quantitative estimate of drug-likeness (QED) is 0.519. The van der Waals surface area contributed by atoms with E-state index in [4.69, 9.17) is 16.4 Å². The van der Waals surface area contributed by atoms with E-state index in [1.54, 1.807) is 18.0 Å². The van der Waals surface area contributed by atoms with Crippen LogP contribution in [0.5, 0.6) is 11.5 Å². The summed E-state index contributed by atoms with van der Waals surface area (Å²) in [6.07, 6.45) is 8.64. The Morgan fingerprint density at radius 2 is 2.16 bits per heavy atom. The number of hydrogen-bond acceptors (Lipinski definition) is 7. The molecule has 2 amide bonds. The highest BCUT2D eigenvalue weighted by Gasteiger charge is 2.37. The number of nitrogens with zero attached hydrogens (tertiary/aromatic N) is 6. The first kappa shape index (κ1) is 24.8. The third kappa shape index (κ3) is 4.28. The van der Waals surface area contributed by atoms with Crippen LogP contribution in [0.4, 0.5) is 9.18 Å². The highest BCUT2D eigenvalue weighted by molar-refractivity contribution is 6.00. The van der Waals surface area contributed by atoms with Crippen molar-refractivity contribution in [1.29, 1.82) is 5.26 Å². The Balaban J connectivity index is 1.48. The molecule has 1 aromatic heterocycles. The van der Waals surface area contributed by atoms with Crippen LogP contribution >= 0.6 is 0 Å². The zero-order chi connectivity index (χ0) is 27.0. The van der Waals surface area contributed by atoms with E-state index in [0.717, 1.165) is 23.7 Å². The number of rotatable bonds is 5. The maximum Gasteiger partial charge on any atom is 0.331 e. The average Bonchev–Trinajstić information content (AvgIpc) is 3.66. The number of phenolic OH excluding ortho intramolecular Hbond substituents is 1. The molecular formula is C27H23FN6O4. The van der Waals surface area contributed by atoms with E-state index < -0.39 is 11.8 Å². The van der Waals surface area contributed by atoms with Crippen LogP contribution in [-0.2, 0) is 0 Å². The Labute approximate surface area is 217 Å². The van der Waals surface area contributed by atoms with Gasteiger partial charge >= 0.3 is 6.03 Å². The number of hydrogen-bond donors (Lipinski definition) is 1. The number of carbonyl (C=O) groups is 2. The minimum Gasteiger partial charge on any atom is -0.507 e. The molecule has 5 rings (SSSR count). The van der Waals surface area contributed by atoms with Crippen LogP contribution in [0.3, 0.4) is 0 Å². The van der Waals surface area contributed by atoms with Crippen molar-refractivity contribution < 1.29 is 23.8 Å². The number of halogens is 1. The summed E-state index contributed by atoms with van der Waals surface area (Å²) in [4.78, 5) is 29.3. The molecule has 0 unspecified atom stereocenters. The second kappa shape index (κ2) is 9.87. The van der Waals surface area contributed by atoms with Gasteiger partial charge in [-0.2, -0.15) is 5.26 Å². The molecule has 1 aliphatic heterocycles. The third-order valence-corrected chi connectivity index (χ3v) is 6.71. The van der Waals surface area contributed by atoms with E-state index in [-0.39, 0.29) is 66.3 Å². The van der Waals surface area contributed by atoms with Crippen molar-refractivity contribution in [3.63, 3.8) is 0 Å². The maximum absolute atomic E-state index is 15.0. The third-order valence-electron chi connectivity index (χ3n) is 6.71. The number of phenols is 1. The summed E-state index contributed by atoms with van der Waals surface area (Å²) in [6.45, 7) is 0.787. The van der Waals surface area contributed by atoms with Crippen LogP contribution in [0, 0.1) is 29.5 Å². The molecule has 2 aliphatic rings. The van der Waals surface area contributed by atoms with E-state index in [1.807, 2.05) is 0 Å². The SMILES string of the molecule is C#Cc1cc2c(c(C3CC3)c1-c1c(O)cccc1F)OCCN(CCN(C)C(=O)n1cnnc1C#N)C2=O. The molecule has 1 N–H and O–H groups in total. The number of fused-ring (bicyclic) bond motifs is 1. The highest BCUT2D eigenvalue weighted by atomic mass is 19.1. The standard InChI is InChI=1S/C27H23FN6O4/c1-3-16-13-18-25(23(17-7-8-17)22(16)24-19(28)5-4-6-20(24)35)38-12-11-33(26(18)36)10-9-32(2)27(37)34-15-30-31-21(34)14-29/h1,4-6,13,15,17,35H,7-12H2,2H3. The molecule has 3 aromatic rings. The van der Waals surface area contributed by atoms with Gasteiger partial charge in [0.25, 0.3) is 5.91 Å². The first-order valence-electron chi connectivity index (χ1n) is 12.0. The first-order chi connectivity index (χ1) is 18.3. The predicted octanol–water partition coefficient (Wildman–Crippen LogP) is 2.95. The Bertz CT molecular complexity index is 1510. The molecule has 0 bridgehead atoms. The lowest BCUT2D eigenvalue weighted by Gasteiger charge is -2.24. The first-order valence-corrected chi connectivity index (χ1v) is 12.0. The summed E-state index contributed by atoms with van der Waals surface area (Å²) < 4.78 is 22.1. The van der Waals surface area contributed by atoms with Gasteiger partial charge in [-0.1, -0.05) is 12.0 Å². The zero-order valence-electron chi connectivity index (χ0n) is 20.5. The van der Waals surface area contributed by atoms with Crippen molar-refractivity contribution in [2.45, 2.75) is 18.8 Å². The van der Waals surface area contributed by atoms with Gasteiger partial charge in [0.1, 0.15) is 36.3 Å². The number of ether oxygens (including phenoxy) is 1. The van der Waals surface area contributed by atoms with Crippen LogP contribution < -0.4 is 4.74 Å². The second-order valence-electron chi connectivity index (χ2n) is 9.12. The van der Waals surface area contributed by atoms with Gasteiger partial charge in [0.05, 0.1) is 17.7 Å². The van der Waals surface area contributed by atoms with E-state index >= 15 is 0 Å². The number of benzene rings is 2. The lowest BCUT2D eigenvalue weighted by molar-refractivity contribution is 0.0744. The van der Waals surface area contributed by atoms with Crippen LogP contribution in [0.1, 0.15) is 46.1 Å². The van der Waals surface area contributed by atoms with Gasteiger partial charge in [0.15, 0.2) is 0 Å². The lowest BCUT2D eigenvalue weighted by atomic mass is 9.88. The van der Waals surface area contributed by atoms with Crippen molar-refractivity contribution >= 4 is 11.9 Å². The molecular weight excluding hydrogens is 491 g/mol. The zero-order valence-corrected chi connectivity index (χ0v) is 20.5. The topological polar surface area (TPSA) is 125 Å². The molecule has 0 radical (unpaired) electrons. The van der Waals surface area contributed by atoms with Crippen molar-refractivity contribution in [3.05, 3.63) is 58.9 Å². The molecule has 1 aliphatic carbocycles. The summed E-state index contributed by atoms with van der Waals surface area (Å²) >= 11 is 0. The predicted molar refractivity (Wildman–Crippen MR) is 133 cm³/mol. The van der Waals surface area contributed by atoms with E-state index in [1.165, 1.54) is 29.2 Å². The van der Waals surface area contributed by atoms with E-state index in [9.17, 15) is 19.1 Å². The fraction of sp³-hybridized carbons (Fsp3) is 0.296. The second-order valence-corrected chi connectivity index (χ2v) is 9.12. The highest BCUT2D eigenvalue weighted by Crippen LogP contribution is 2.53. The normalized spacial score (nSPS) is 14.6. The van der Waals surface area contributed by atoms with Gasteiger partial charge in [-0.15, -0.1) is 16.6 Å². The van der Waals surface area contributed by atoms with Crippen LogP contribution in [0.25, 0.3) is 11.1 Å². The van der Waals surface area contributed by atoms with Crippen LogP contribution in [-0.4, -0.2) is 74.9 Å². The van der Waals surface area contributed by atoms with Gasteiger partial charge in [-0.3, -0.25) is 4.79 Å². The number of terminal acetylenes is 1. The Morgan fingerprint density at radius 3 is 2.84 bits per heavy atom. The fourth-order valence-electron chi connectivity index (χ4n) is 4.65. The van der Waals surface area contributed by atoms with E-state index in [2.05, 4.69) is 16.1 Å². The smallest absolute Gasteiger partial charge is 0.331 e. The molecule has 0 saturated heterocycles. The van der Waals surface area contributed by atoms with Gasteiger partial charge in [0, 0.05) is 36.8 Å². The largest absolute Gasteiger partial charge is 0.507 e. The monoisotopic (exact) mass is 514 g/mol. The molecule has 0 spiro atoms. The molecule has 38 heavy (non-hydrogen) atoms. The van der Waals surface area contributed by atoms with Gasteiger partial charge in [-0.25, -0.2) is 13.8 Å². The molecule has 2 aromatic carbocycles. The number of amides is 2. The van der Waals surface area contributed by atoms with Gasteiger partial charge in [0.2, 0.25) is 5.82 Å². The Morgan fingerprint density at radius 1 is 1.37 bits per heavy atom. The molecule has 1 saturated carbocycles. The minimum atomic E-state index is -0.620. The molecule has 1 fully saturated rings. The van der Waals surface area contributed by atoms with Crippen molar-refractivity contribution in [2.24, 2.45) is 0 Å². The summed E-state index contributed by atoms with van der Waals surface area (Å²) in [6, 6.07) is 6.86. The van der Waals surface area contributed by atoms with Crippen LogP contribution in [0.2, 0.25) is 0 Å². The minimum absolute atomic E-state index is 0.00632. The Hall–Kier alpha value is -4.90. The number of likely N-dealkylation sites (N-methyl/N-ethyl adjacent to an activating group) is 1. The molecule has 192 valence electrons. The van der Waals surface area contributed by atoms with Crippen molar-refractivity contribution in [1.82, 2.24) is 24.6 Å². The van der Waals surface area contributed by atoms with Crippen LogP contribution in [0.15, 0.2) is 30.6 Å². The molecule has 2 heterocycles. The average molecular weight is 515 g/mol. The molecule has 11 heteroatoms. The number of nitriles is 1. The van der Waals surface area contributed by atoms with Crippen molar-refractivity contribution in [2.75, 3.05) is 33.3 Å². The van der Waals surface area contributed by atoms with E-state index in [0.29, 0.717) is 16.9 Å². The summed E-state index contributed by atoms with van der Waals surface area (Å²) in [5, 5.41) is 26.8. The fourth-order valence-corrected chi connectivity index (χ4v) is 4.65. The number of aromatic nitrogens is 3. The Kier molecular flexibility index (Phi) is 6.43. The number of carbonyl (C=O) groups excluding carboxylic acids is 2. The van der Waals surface area contributed by atoms with Crippen molar-refractivity contribution in [3.8, 4) is 41.0 Å². The number of aromatic hydroxyl groups is 1. The summed E-state index contributed by atoms with van der Waals surface area (Å²) in [7, 11) is 1.55. The summed E-state index contributed by atoms with van der Waals surface area (Å²) in [5.41, 5.74) is 1.55. The molecule has 0 atom stereocenters. The van der Waals surface area contributed by atoms with Gasteiger partial charge < -0.3 is 19.6 Å². The molecule has 10 nitrogen and oxygen atoms in total.